The average Bonchev–Trinajstić information content (AvgIpc) is 2.74. The normalized spacial score (nSPS) is 26.8. The molecule has 4 unspecified atom stereocenters. The molecule has 1 fully saturated rings. The maximum atomic E-state index is 11.8. The molecule has 4 atom stereocenters. The molecule has 0 bridgehead atoms. The summed E-state index contributed by atoms with van der Waals surface area (Å²) in [5, 5.41) is 0. The van der Waals surface area contributed by atoms with Crippen molar-refractivity contribution in [2.24, 2.45) is 5.92 Å². The van der Waals surface area contributed by atoms with Gasteiger partial charge in [-0.2, -0.15) is 0 Å². The first-order chi connectivity index (χ1) is 11.5. The molecule has 1 radical (unpaired) electrons. The number of hydrogen-bond acceptors (Lipinski definition) is 7. The van der Waals surface area contributed by atoms with E-state index in [1.807, 2.05) is 6.29 Å². The van der Waals surface area contributed by atoms with Gasteiger partial charge in [0.15, 0.2) is 12.2 Å². The molecule has 0 aromatic rings. The first-order valence-corrected chi connectivity index (χ1v) is 8.42. The van der Waals surface area contributed by atoms with Crippen LogP contribution in [0.15, 0.2) is 0 Å². The van der Waals surface area contributed by atoms with E-state index in [1.54, 1.807) is 20.8 Å². The molecule has 0 heterocycles. The summed E-state index contributed by atoms with van der Waals surface area (Å²) in [6.07, 6.45) is 0.955. The predicted molar refractivity (Wildman–Crippen MR) is 83.5 cm³/mol. The second-order valence-corrected chi connectivity index (χ2v) is 5.65. The Kier molecular flexibility index (Phi) is 8.43. The zero-order chi connectivity index (χ0) is 18.1. The highest BCUT2D eigenvalue weighted by Gasteiger charge is 2.44. The lowest BCUT2D eigenvalue weighted by Crippen LogP contribution is -2.47. The third kappa shape index (κ3) is 5.62. The van der Waals surface area contributed by atoms with Gasteiger partial charge in [0, 0.05) is 19.3 Å². The number of hydrogen-bond donors (Lipinski definition) is 0. The molecule has 1 rings (SSSR count). The summed E-state index contributed by atoms with van der Waals surface area (Å²) in [4.78, 5) is 46.5. The summed E-state index contributed by atoms with van der Waals surface area (Å²) in [5.41, 5.74) is 0. The Hall–Kier alpha value is -1.92. The van der Waals surface area contributed by atoms with Crippen LogP contribution >= 0.6 is 0 Å². The lowest BCUT2D eigenvalue weighted by molar-refractivity contribution is -0.186. The van der Waals surface area contributed by atoms with Crippen LogP contribution in [0.5, 0.6) is 0 Å². The Morgan fingerprint density at radius 1 is 0.833 bits per heavy atom. The highest BCUT2D eigenvalue weighted by molar-refractivity contribution is 5.71. The van der Waals surface area contributed by atoms with Gasteiger partial charge in [-0.1, -0.05) is 20.8 Å². The van der Waals surface area contributed by atoms with Crippen molar-refractivity contribution in [1.82, 2.24) is 0 Å². The van der Waals surface area contributed by atoms with E-state index in [0.717, 1.165) is 0 Å². The molecule has 1 aliphatic carbocycles. The lowest BCUT2D eigenvalue weighted by Gasteiger charge is -2.32. The van der Waals surface area contributed by atoms with E-state index in [-0.39, 0.29) is 19.3 Å². The van der Waals surface area contributed by atoms with Crippen LogP contribution in [0.2, 0.25) is 0 Å². The van der Waals surface area contributed by atoms with Gasteiger partial charge in [-0.25, -0.2) is 0 Å². The Balaban J connectivity index is 3.12. The van der Waals surface area contributed by atoms with E-state index in [1.165, 1.54) is 0 Å². The van der Waals surface area contributed by atoms with Crippen LogP contribution in [-0.2, 0) is 33.4 Å². The molecule has 135 valence electrons. The number of ether oxygens (including phenoxy) is 3. The van der Waals surface area contributed by atoms with Crippen molar-refractivity contribution in [2.75, 3.05) is 0 Å². The molecule has 0 aliphatic heterocycles. The zero-order valence-corrected chi connectivity index (χ0v) is 14.4. The molecule has 0 spiro atoms. The van der Waals surface area contributed by atoms with Crippen LogP contribution in [0, 0.1) is 5.92 Å². The standard InChI is InChI=1S/C17H25O7/c1-4-13(19)22-12-9-7-8-11(10-18)16(23-14(20)5-2)17(12)24-15(21)6-3/h11-12,16-17H,4-9H2,1-3H3. The maximum absolute atomic E-state index is 11.8. The molecule has 0 N–H and O–H groups in total. The minimum absolute atomic E-state index is 0.120. The molecule has 0 aromatic carbocycles. The van der Waals surface area contributed by atoms with E-state index < -0.39 is 42.1 Å². The number of carbonyl (C=O) groups is 3. The predicted octanol–water partition coefficient (Wildman–Crippen LogP) is 1.86. The van der Waals surface area contributed by atoms with Crippen LogP contribution in [-0.4, -0.2) is 42.5 Å². The van der Waals surface area contributed by atoms with Gasteiger partial charge < -0.3 is 14.2 Å². The molecular weight excluding hydrogens is 316 g/mol. The fourth-order valence-electron chi connectivity index (χ4n) is 2.57. The van der Waals surface area contributed by atoms with Crippen LogP contribution in [0.1, 0.15) is 59.3 Å². The molecule has 1 saturated carbocycles. The summed E-state index contributed by atoms with van der Waals surface area (Å²) in [5.74, 6) is -2.19. The highest BCUT2D eigenvalue weighted by Crippen LogP contribution is 2.30. The van der Waals surface area contributed by atoms with Gasteiger partial charge in [-0.05, 0) is 19.3 Å². The largest absolute Gasteiger partial charge is 0.458 e. The van der Waals surface area contributed by atoms with E-state index in [9.17, 15) is 19.2 Å². The second-order valence-electron chi connectivity index (χ2n) is 5.65. The number of carbonyl (C=O) groups excluding carboxylic acids is 4. The van der Waals surface area contributed by atoms with E-state index in [2.05, 4.69) is 0 Å². The third-order valence-corrected chi connectivity index (χ3v) is 3.93. The molecule has 0 amide bonds. The summed E-state index contributed by atoms with van der Waals surface area (Å²) >= 11 is 0. The topological polar surface area (TPSA) is 96.0 Å². The summed E-state index contributed by atoms with van der Waals surface area (Å²) in [6.45, 7) is 4.91. The zero-order valence-electron chi connectivity index (χ0n) is 14.4. The molecule has 0 aromatic heterocycles. The van der Waals surface area contributed by atoms with Crippen molar-refractivity contribution in [1.29, 1.82) is 0 Å². The SMILES string of the molecule is CCC(=O)OC1CCCC([C]=O)C(OC(=O)CC)C1OC(=O)CC. The van der Waals surface area contributed by atoms with Crippen molar-refractivity contribution < 1.29 is 33.4 Å². The van der Waals surface area contributed by atoms with Gasteiger partial charge in [0.25, 0.3) is 0 Å². The Labute approximate surface area is 142 Å². The molecule has 24 heavy (non-hydrogen) atoms. The fourth-order valence-corrected chi connectivity index (χ4v) is 2.57. The molecule has 7 nitrogen and oxygen atoms in total. The van der Waals surface area contributed by atoms with Crippen LogP contribution < -0.4 is 0 Å². The van der Waals surface area contributed by atoms with Crippen molar-refractivity contribution in [3.63, 3.8) is 0 Å². The summed E-state index contributed by atoms with van der Waals surface area (Å²) in [6, 6.07) is 0. The fraction of sp³-hybridized carbons (Fsp3) is 0.765. The minimum atomic E-state index is -1.00. The van der Waals surface area contributed by atoms with Gasteiger partial charge in [-0.3, -0.25) is 19.2 Å². The summed E-state index contributed by atoms with van der Waals surface area (Å²) in [7, 11) is 0. The molecular formula is C17H25O7. The van der Waals surface area contributed by atoms with Gasteiger partial charge in [0.2, 0.25) is 6.29 Å². The first kappa shape index (κ1) is 20.1. The molecule has 7 heteroatoms. The van der Waals surface area contributed by atoms with Crippen molar-refractivity contribution in [3.8, 4) is 0 Å². The monoisotopic (exact) mass is 341 g/mol. The second kappa shape index (κ2) is 10.1. The first-order valence-electron chi connectivity index (χ1n) is 8.42. The third-order valence-electron chi connectivity index (χ3n) is 3.93. The number of rotatable bonds is 7. The number of esters is 3. The van der Waals surface area contributed by atoms with Crippen molar-refractivity contribution in [3.05, 3.63) is 0 Å². The van der Waals surface area contributed by atoms with Crippen LogP contribution in [0.4, 0.5) is 0 Å². The van der Waals surface area contributed by atoms with E-state index in [4.69, 9.17) is 14.2 Å². The van der Waals surface area contributed by atoms with Crippen molar-refractivity contribution in [2.45, 2.75) is 77.6 Å². The quantitative estimate of drug-likeness (QED) is 0.396. The highest BCUT2D eigenvalue weighted by atomic mass is 16.6. The van der Waals surface area contributed by atoms with Gasteiger partial charge >= 0.3 is 17.9 Å². The average molecular weight is 341 g/mol. The van der Waals surface area contributed by atoms with Gasteiger partial charge in [-0.15, -0.1) is 0 Å². The minimum Gasteiger partial charge on any atom is -0.458 e. The Bertz CT molecular complexity index is 460. The van der Waals surface area contributed by atoms with Gasteiger partial charge in [0.1, 0.15) is 6.10 Å². The van der Waals surface area contributed by atoms with Crippen molar-refractivity contribution >= 4 is 24.2 Å². The maximum Gasteiger partial charge on any atom is 0.306 e. The molecule has 0 saturated heterocycles. The van der Waals surface area contributed by atoms with Gasteiger partial charge in [0.05, 0.1) is 5.92 Å². The van der Waals surface area contributed by atoms with E-state index in [0.29, 0.717) is 19.3 Å². The Morgan fingerprint density at radius 2 is 1.33 bits per heavy atom. The van der Waals surface area contributed by atoms with Crippen LogP contribution in [0.25, 0.3) is 0 Å². The smallest absolute Gasteiger partial charge is 0.306 e. The van der Waals surface area contributed by atoms with Crippen LogP contribution in [0.3, 0.4) is 0 Å². The molecule has 1 aliphatic rings. The summed E-state index contributed by atoms with van der Waals surface area (Å²) < 4.78 is 16.1. The lowest BCUT2D eigenvalue weighted by atomic mass is 9.96. The van der Waals surface area contributed by atoms with E-state index >= 15 is 0 Å². The Morgan fingerprint density at radius 3 is 1.83 bits per heavy atom.